The molecule has 3 rings (SSSR count). The second-order valence-electron chi connectivity index (χ2n) is 7.84. The SMILES string of the molecule is CC1CC(C)CN(C2CCN(Cc3ccccn3)CC2)C1.O=C(O)C(=O)O. The fraction of sp³-hybridized carbons (Fsp3) is 0.650. The van der Waals surface area contributed by atoms with Gasteiger partial charge in [0, 0.05) is 45.0 Å². The summed E-state index contributed by atoms with van der Waals surface area (Å²) in [6, 6.07) is 7.04. The zero-order chi connectivity index (χ0) is 19.8. The van der Waals surface area contributed by atoms with Crippen molar-refractivity contribution in [2.45, 2.75) is 45.7 Å². The first kappa shape index (κ1) is 21.3. The van der Waals surface area contributed by atoms with E-state index in [9.17, 15) is 0 Å². The number of hydrogen-bond acceptors (Lipinski definition) is 5. The fourth-order valence-corrected chi connectivity index (χ4v) is 4.17. The summed E-state index contributed by atoms with van der Waals surface area (Å²) in [6.07, 6.45) is 5.96. The van der Waals surface area contributed by atoms with E-state index in [0.29, 0.717) is 0 Å². The van der Waals surface area contributed by atoms with E-state index >= 15 is 0 Å². The first-order valence-electron chi connectivity index (χ1n) is 9.67. The molecule has 2 N–H and O–H groups in total. The van der Waals surface area contributed by atoms with Gasteiger partial charge in [0.25, 0.3) is 0 Å². The van der Waals surface area contributed by atoms with Gasteiger partial charge in [-0.1, -0.05) is 19.9 Å². The molecule has 7 nitrogen and oxygen atoms in total. The summed E-state index contributed by atoms with van der Waals surface area (Å²) in [5.74, 6) is -1.90. The molecule has 0 aromatic carbocycles. The Morgan fingerprint density at radius 2 is 1.67 bits per heavy atom. The van der Waals surface area contributed by atoms with E-state index in [1.54, 1.807) is 0 Å². The molecule has 2 atom stereocenters. The molecule has 7 heteroatoms. The second kappa shape index (κ2) is 10.4. The molecular weight excluding hydrogens is 346 g/mol. The van der Waals surface area contributed by atoms with Gasteiger partial charge in [0.05, 0.1) is 5.69 Å². The van der Waals surface area contributed by atoms with Gasteiger partial charge >= 0.3 is 11.9 Å². The van der Waals surface area contributed by atoms with Crippen molar-refractivity contribution in [3.63, 3.8) is 0 Å². The van der Waals surface area contributed by atoms with Crippen LogP contribution in [-0.4, -0.2) is 69.2 Å². The van der Waals surface area contributed by atoms with Crippen LogP contribution in [0.15, 0.2) is 24.4 Å². The number of carboxylic acid groups (broad SMARTS) is 2. The molecule has 0 aliphatic carbocycles. The van der Waals surface area contributed by atoms with Crippen molar-refractivity contribution in [2.24, 2.45) is 11.8 Å². The highest BCUT2D eigenvalue weighted by Crippen LogP contribution is 2.26. The molecule has 1 aromatic rings. The van der Waals surface area contributed by atoms with Crippen LogP contribution in [0.25, 0.3) is 0 Å². The Morgan fingerprint density at radius 1 is 1.07 bits per heavy atom. The van der Waals surface area contributed by atoms with Crippen LogP contribution in [0.4, 0.5) is 0 Å². The third-order valence-corrected chi connectivity index (χ3v) is 5.27. The molecular formula is C20H31N3O4. The Kier molecular flexibility index (Phi) is 8.19. The first-order valence-corrected chi connectivity index (χ1v) is 9.67. The lowest BCUT2D eigenvalue weighted by Crippen LogP contribution is -2.49. The summed E-state index contributed by atoms with van der Waals surface area (Å²) in [5.41, 5.74) is 1.20. The Balaban J connectivity index is 0.000000380. The predicted molar refractivity (Wildman–Crippen MR) is 102 cm³/mol. The third kappa shape index (κ3) is 7.27. The van der Waals surface area contributed by atoms with Crippen molar-refractivity contribution < 1.29 is 19.8 Å². The predicted octanol–water partition coefficient (Wildman–Crippen LogP) is 2.18. The number of carboxylic acids is 2. The standard InChI is InChI=1S/C18H29N3.C2H2O4/c1-15-11-16(2)13-21(12-15)18-6-9-20(10-7-18)14-17-5-3-4-8-19-17;3-1(4)2(5)6/h3-5,8,15-16,18H,6-7,9-14H2,1-2H3;(H,3,4)(H,5,6). The largest absolute Gasteiger partial charge is 0.473 e. The van der Waals surface area contributed by atoms with Crippen LogP contribution in [0.5, 0.6) is 0 Å². The molecule has 0 radical (unpaired) electrons. The quantitative estimate of drug-likeness (QED) is 0.780. The van der Waals surface area contributed by atoms with Gasteiger partial charge in [-0.25, -0.2) is 9.59 Å². The molecule has 0 spiro atoms. The van der Waals surface area contributed by atoms with Crippen LogP contribution in [0.3, 0.4) is 0 Å². The summed E-state index contributed by atoms with van der Waals surface area (Å²) < 4.78 is 0. The van der Waals surface area contributed by atoms with Crippen LogP contribution in [-0.2, 0) is 16.1 Å². The molecule has 0 bridgehead atoms. The smallest absolute Gasteiger partial charge is 0.414 e. The van der Waals surface area contributed by atoms with Crippen molar-refractivity contribution in [3.05, 3.63) is 30.1 Å². The van der Waals surface area contributed by atoms with E-state index < -0.39 is 11.9 Å². The lowest BCUT2D eigenvalue weighted by Gasteiger charge is -2.43. The molecule has 2 aliphatic rings. The highest BCUT2D eigenvalue weighted by molar-refractivity contribution is 6.27. The van der Waals surface area contributed by atoms with Crippen LogP contribution in [0, 0.1) is 11.8 Å². The van der Waals surface area contributed by atoms with Crippen LogP contribution >= 0.6 is 0 Å². The lowest BCUT2D eigenvalue weighted by molar-refractivity contribution is -0.159. The number of carbonyl (C=O) groups is 2. The fourth-order valence-electron chi connectivity index (χ4n) is 4.17. The average Bonchev–Trinajstić information content (AvgIpc) is 2.63. The summed E-state index contributed by atoms with van der Waals surface area (Å²) in [5, 5.41) is 14.8. The average molecular weight is 377 g/mol. The van der Waals surface area contributed by atoms with Crippen molar-refractivity contribution in [3.8, 4) is 0 Å². The van der Waals surface area contributed by atoms with Crippen molar-refractivity contribution in [2.75, 3.05) is 26.2 Å². The normalized spacial score (nSPS) is 24.7. The summed E-state index contributed by atoms with van der Waals surface area (Å²) >= 11 is 0. The number of pyridine rings is 1. The molecule has 2 saturated heterocycles. The van der Waals surface area contributed by atoms with Gasteiger partial charge in [-0.15, -0.1) is 0 Å². The van der Waals surface area contributed by atoms with E-state index in [4.69, 9.17) is 19.8 Å². The Hall–Kier alpha value is -1.99. The maximum Gasteiger partial charge on any atom is 0.414 e. The van der Waals surface area contributed by atoms with Crippen LogP contribution < -0.4 is 0 Å². The number of hydrogen-bond donors (Lipinski definition) is 2. The van der Waals surface area contributed by atoms with Gasteiger partial charge in [0.1, 0.15) is 0 Å². The lowest BCUT2D eigenvalue weighted by atomic mass is 9.89. The number of nitrogens with zero attached hydrogens (tertiary/aromatic N) is 3. The first-order chi connectivity index (χ1) is 12.8. The van der Waals surface area contributed by atoms with Crippen LogP contribution in [0.2, 0.25) is 0 Å². The molecule has 27 heavy (non-hydrogen) atoms. The minimum absolute atomic E-state index is 0.815. The monoisotopic (exact) mass is 377 g/mol. The molecule has 3 heterocycles. The Bertz CT molecular complexity index is 581. The highest BCUT2D eigenvalue weighted by Gasteiger charge is 2.29. The maximum atomic E-state index is 9.10. The van der Waals surface area contributed by atoms with Crippen molar-refractivity contribution in [1.82, 2.24) is 14.8 Å². The molecule has 1 aromatic heterocycles. The number of aromatic nitrogens is 1. The number of likely N-dealkylation sites (tertiary alicyclic amines) is 2. The Labute approximate surface area is 161 Å². The minimum atomic E-state index is -1.82. The van der Waals surface area contributed by atoms with Crippen molar-refractivity contribution in [1.29, 1.82) is 0 Å². The minimum Gasteiger partial charge on any atom is -0.473 e. The Morgan fingerprint density at radius 3 is 2.15 bits per heavy atom. The van der Waals surface area contributed by atoms with Gasteiger partial charge in [-0.3, -0.25) is 14.8 Å². The maximum absolute atomic E-state index is 9.10. The van der Waals surface area contributed by atoms with E-state index in [1.165, 1.54) is 51.1 Å². The van der Waals surface area contributed by atoms with Gasteiger partial charge in [0.2, 0.25) is 0 Å². The summed E-state index contributed by atoms with van der Waals surface area (Å²) in [6.45, 7) is 10.9. The molecule has 2 fully saturated rings. The van der Waals surface area contributed by atoms with E-state index in [-0.39, 0.29) is 0 Å². The van der Waals surface area contributed by atoms with Gasteiger partial charge < -0.3 is 10.2 Å². The van der Waals surface area contributed by atoms with E-state index in [1.807, 2.05) is 12.3 Å². The van der Waals surface area contributed by atoms with Crippen LogP contribution in [0.1, 0.15) is 38.8 Å². The van der Waals surface area contributed by atoms with Crippen molar-refractivity contribution >= 4 is 11.9 Å². The summed E-state index contributed by atoms with van der Waals surface area (Å²) in [4.78, 5) is 28.0. The molecule has 2 aliphatic heterocycles. The number of aliphatic carboxylic acids is 2. The van der Waals surface area contributed by atoms with E-state index in [0.717, 1.165) is 24.4 Å². The van der Waals surface area contributed by atoms with Gasteiger partial charge in [-0.05, 0) is 43.2 Å². The highest BCUT2D eigenvalue weighted by atomic mass is 16.4. The molecule has 150 valence electrons. The third-order valence-electron chi connectivity index (χ3n) is 5.27. The second-order valence-corrected chi connectivity index (χ2v) is 7.84. The van der Waals surface area contributed by atoms with Gasteiger partial charge in [-0.2, -0.15) is 0 Å². The van der Waals surface area contributed by atoms with E-state index in [2.05, 4.69) is 40.8 Å². The number of rotatable bonds is 3. The molecule has 0 saturated carbocycles. The summed E-state index contributed by atoms with van der Waals surface area (Å²) in [7, 11) is 0. The zero-order valence-electron chi connectivity index (χ0n) is 16.3. The zero-order valence-corrected chi connectivity index (χ0v) is 16.3. The molecule has 2 unspecified atom stereocenters. The van der Waals surface area contributed by atoms with Gasteiger partial charge in [0.15, 0.2) is 0 Å². The topological polar surface area (TPSA) is 94.0 Å². The molecule has 0 amide bonds. The number of piperidine rings is 2.